The first-order valence-electron chi connectivity index (χ1n) is 4.51. The van der Waals surface area contributed by atoms with Gasteiger partial charge in [0.15, 0.2) is 0 Å². The van der Waals surface area contributed by atoms with Gasteiger partial charge in [-0.1, -0.05) is 32.6 Å². The van der Waals surface area contributed by atoms with Crippen molar-refractivity contribution in [3.8, 4) is 0 Å². The second kappa shape index (κ2) is 10.0. The van der Waals surface area contributed by atoms with Gasteiger partial charge in [-0.15, -0.1) is 0 Å². The topological polar surface area (TPSA) is 80.3 Å². The number of carboxylic acid groups (broad SMARTS) is 2. The van der Waals surface area contributed by atoms with Gasteiger partial charge in [0.05, 0.1) is 11.9 Å². The molecule has 76 valence electrons. The maximum atomic E-state index is 10.3. The fraction of sp³-hybridized carbons (Fsp3) is 0.778. The fourth-order valence-corrected chi connectivity index (χ4v) is 1.11. The van der Waals surface area contributed by atoms with Crippen LogP contribution in [-0.4, -0.2) is 60.8 Å². The Morgan fingerprint density at radius 1 is 1.07 bits per heavy atom. The van der Waals surface area contributed by atoms with Gasteiger partial charge in [-0.3, -0.25) is 0 Å². The number of rotatable bonds is 7. The van der Waals surface area contributed by atoms with Crippen LogP contribution < -0.4 is 10.2 Å². The molecule has 0 aromatic heterocycles. The van der Waals surface area contributed by atoms with Crippen LogP contribution in [0.1, 0.15) is 39.0 Å². The molecule has 0 N–H and O–H groups in total. The molecule has 5 heteroatoms. The van der Waals surface area contributed by atoms with Crippen molar-refractivity contribution in [2.24, 2.45) is 5.92 Å². The molecule has 0 radical (unpaired) electrons. The van der Waals surface area contributed by atoms with E-state index < -0.39 is 17.9 Å². The molecule has 0 unspecified atom stereocenters. The van der Waals surface area contributed by atoms with Gasteiger partial charge in [0.2, 0.25) is 0 Å². The van der Waals surface area contributed by atoms with E-state index in [1.807, 2.05) is 6.92 Å². The standard InChI is InChI=1S/C9H16O4.Ba/c1-2-3-4-5-6-7(8(10)11)9(12)13;/h7H,2-6H2,1H3,(H,10,11)(H,12,13);/q;+2/p-2. The van der Waals surface area contributed by atoms with Crippen LogP contribution in [0.25, 0.3) is 0 Å². The Kier molecular flexibility index (Phi) is 12.1. The van der Waals surface area contributed by atoms with Gasteiger partial charge in [0.1, 0.15) is 0 Å². The molecule has 0 bridgehead atoms. The largest absolute Gasteiger partial charge is 2.00 e. The van der Waals surface area contributed by atoms with Gasteiger partial charge >= 0.3 is 48.9 Å². The van der Waals surface area contributed by atoms with Gasteiger partial charge in [-0.05, 0) is 6.42 Å². The van der Waals surface area contributed by atoms with E-state index in [1.165, 1.54) is 0 Å². The number of carbonyl (C=O) groups is 2. The van der Waals surface area contributed by atoms with E-state index in [0.29, 0.717) is 6.42 Å². The first-order valence-corrected chi connectivity index (χ1v) is 4.51. The number of unbranched alkanes of at least 4 members (excludes halogenated alkanes) is 3. The van der Waals surface area contributed by atoms with Crippen LogP contribution >= 0.6 is 0 Å². The maximum Gasteiger partial charge on any atom is 2.00 e. The number of aliphatic carboxylic acids is 2. The summed E-state index contributed by atoms with van der Waals surface area (Å²) in [4.78, 5) is 20.5. The van der Waals surface area contributed by atoms with E-state index in [4.69, 9.17) is 0 Å². The van der Waals surface area contributed by atoms with Crippen LogP contribution in [0.4, 0.5) is 0 Å². The minimum absolute atomic E-state index is 0. The van der Waals surface area contributed by atoms with Crippen molar-refractivity contribution < 1.29 is 19.8 Å². The van der Waals surface area contributed by atoms with Crippen molar-refractivity contribution in [2.45, 2.75) is 39.0 Å². The van der Waals surface area contributed by atoms with Crippen LogP contribution in [0, 0.1) is 5.92 Å². The van der Waals surface area contributed by atoms with Crippen molar-refractivity contribution in [1.29, 1.82) is 0 Å². The van der Waals surface area contributed by atoms with E-state index in [1.54, 1.807) is 0 Å². The zero-order valence-electron chi connectivity index (χ0n) is 8.45. The third-order valence-electron chi connectivity index (χ3n) is 1.92. The summed E-state index contributed by atoms with van der Waals surface area (Å²) in [6, 6.07) is 0. The minimum atomic E-state index is -1.54. The average Bonchev–Trinajstić information content (AvgIpc) is 2.02. The van der Waals surface area contributed by atoms with E-state index in [-0.39, 0.29) is 55.3 Å². The Bertz CT molecular complexity index is 168. The molecule has 0 heterocycles. The zero-order chi connectivity index (χ0) is 10.3. The Morgan fingerprint density at radius 3 is 1.93 bits per heavy atom. The third-order valence-corrected chi connectivity index (χ3v) is 1.92. The molecular weight excluding hydrogens is 309 g/mol. The number of hydrogen-bond acceptors (Lipinski definition) is 4. The fourth-order valence-electron chi connectivity index (χ4n) is 1.11. The van der Waals surface area contributed by atoms with Crippen LogP contribution in [0.2, 0.25) is 0 Å². The molecule has 0 saturated carbocycles. The summed E-state index contributed by atoms with van der Waals surface area (Å²) < 4.78 is 0. The van der Waals surface area contributed by atoms with Crippen LogP contribution in [0.3, 0.4) is 0 Å². The maximum absolute atomic E-state index is 10.3. The molecule has 0 aliphatic heterocycles. The van der Waals surface area contributed by atoms with Gasteiger partial charge in [-0.25, -0.2) is 0 Å². The third kappa shape index (κ3) is 7.87. The number of hydrogen-bond donors (Lipinski definition) is 0. The molecule has 14 heavy (non-hydrogen) atoms. The van der Waals surface area contributed by atoms with Crippen molar-refractivity contribution in [3.05, 3.63) is 0 Å². The van der Waals surface area contributed by atoms with Gasteiger partial charge in [0, 0.05) is 5.92 Å². The predicted molar refractivity (Wildman–Crippen MR) is 48.0 cm³/mol. The Balaban J connectivity index is 0. The van der Waals surface area contributed by atoms with E-state index in [0.717, 1.165) is 19.3 Å². The number of carboxylic acids is 2. The normalized spacial score (nSPS) is 9.57. The quantitative estimate of drug-likeness (QED) is 0.331. The SMILES string of the molecule is CCCCCCC(C(=O)[O-])C(=O)[O-].[Ba+2]. The zero-order valence-corrected chi connectivity index (χ0v) is 12.9. The molecule has 0 fully saturated rings. The van der Waals surface area contributed by atoms with Crippen LogP contribution in [0.15, 0.2) is 0 Å². The summed E-state index contributed by atoms with van der Waals surface area (Å²) in [5.74, 6) is -4.54. The summed E-state index contributed by atoms with van der Waals surface area (Å²) in [5.41, 5.74) is 0. The summed E-state index contributed by atoms with van der Waals surface area (Å²) in [7, 11) is 0. The Labute approximate surface area is 124 Å². The summed E-state index contributed by atoms with van der Waals surface area (Å²) in [5, 5.41) is 20.5. The Morgan fingerprint density at radius 2 is 1.57 bits per heavy atom. The Hall–Kier alpha value is 0.511. The monoisotopic (exact) mass is 324 g/mol. The van der Waals surface area contributed by atoms with E-state index in [9.17, 15) is 19.8 Å². The van der Waals surface area contributed by atoms with Crippen LogP contribution in [0.5, 0.6) is 0 Å². The molecule has 0 aliphatic carbocycles. The molecular formula is C9H14BaO4. The van der Waals surface area contributed by atoms with Crippen molar-refractivity contribution in [1.82, 2.24) is 0 Å². The molecule has 0 atom stereocenters. The van der Waals surface area contributed by atoms with Crippen molar-refractivity contribution >= 4 is 60.8 Å². The van der Waals surface area contributed by atoms with Gasteiger partial charge < -0.3 is 19.8 Å². The molecule has 0 aromatic rings. The number of carbonyl (C=O) groups excluding carboxylic acids is 2. The molecule has 0 saturated heterocycles. The first-order chi connectivity index (χ1) is 6.09. The van der Waals surface area contributed by atoms with Gasteiger partial charge in [0.25, 0.3) is 0 Å². The van der Waals surface area contributed by atoms with Crippen molar-refractivity contribution in [2.75, 3.05) is 0 Å². The van der Waals surface area contributed by atoms with Gasteiger partial charge in [-0.2, -0.15) is 0 Å². The van der Waals surface area contributed by atoms with E-state index in [2.05, 4.69) is 0 Å². The predicted octanol–water partition coefficient (Wildman–Crippen LogP) is -1.31. The molecule has 0 spiro atoms. The second-order valence-electron chi connectivity index (χ2n) is 3.04. The molecule has 0 aliphatic rings. The smallest absolute Gasteiger partial charge is 0.549 e. The second-order valence-corrected chi connectivity index (χ2v) is 3.04. The molecule has 0 amide bonds. The molecule has 0 rings (SSSR count). The first kappa shape index (κ1) is 16.9. The molecule has 0 aromatic carbocycles. The summed E-state index contributed by atoms with van der Waals surface area (Å²) in [6.07, 6.45) is 3.59. The average molecular weight is 324 g/mol. The van der Waals surface area contributed by atoms with Crippen LogP contribution in [-0.2, 0) is 9.59 Å². The molecule has 4 nitrogen and oxygen atoms in total. The summed E-state index contributed by atoms with van der Waals surface area (Å²) >= 11 is 0. The minimum Gasteiger partial charge on any atom is -0.549 e. The van der Waals surface area contributed by atoms with Crippen molar-refractivity contribution in [3.63, 3.8) is 0 Å². The van der Waals surface area contributed by atoms with E-state index >= 15 is 0 Å². The summed E-state index contributed by atoms with van der Waals surface area (Å²) in [6.45, 7) is 2.02.